The Labute approximate surface area is 102 Å². The van der Waals surface area contributed by atoms with Gasteiger partial charge in [-0.3, -0.25) is 9.78 Å². The highest BCUT2D eigenvalue weighted by molar-refractivity contribution is 5.72. The zero-order valence-corrected chi connectivity index (χ0v) is 10.7. The van der Waals surface area contributed by atoms with Gasteiger partial charge in [0.2, 0.25) is 0 Å². The first-order valence-corrected chi connectivity index (χ1v) is 6.11. The topological polar surface area (TPSA) is 39.2 Å². The highest BCUT2D eigenvalue weighted by Crippen LogP contribution is 2.38. The molecule has 1 aromatic rings. The number of esters is 1. The molecular weight excluding hydrogens is 214 g/mol. The van der Waals surface area contributed by atoms with Gasteiger partial charge in [-0.25, -0.2) is 0 Å². The van der Waals surface area contributed by atoms with Crippen LogP contribution in [-0.2, 0) is 16.0 Å². The zero-order valence-electron chi connectivity index (χ0n) is 10.7. The van der Waals surface area contributed by atoms with Crippen LogP contribution in [0.2, 0.25) is 0 Å². The van der Waals surface area contributed by atoms with Crippen LogP contribution in [0.15, 0.2) is 18.3 Å². The van der Waals surface area contributed by atoms with Crippen molar-refractivity contribution in [3.8, 4) is 0 Å². The number of carbonyl (C=O) groups is 1. The SMILES string of the molecule is CC(C)(C)OC(=O)Cc1ccc(C2CC2)nc1. The van der Waals surface area contributed by atoms with Crippen LogP contribution in [0.25, 0.3) is 0 Å². The van der Waals surface area contributed by atoms with Gasteiger partial charge in [-0.15, -0.1) is 0 Å². The second-order valence-corrected chi connectivity index (χ2v) is 5.63. The third-order valence-corrected chi connectivity index (χ3v) is 2.61. The van der Waals surface area contributed by atoms with E-state index < -0.39 is 5.60 Å². The number of nitrogens with zero attached hydrogens (tertiary/aromatic N) is 1. The summed E-state index contributed by atoms with van der Waals surface area (Å²) in [5.41, 5.74) is 1.65. The van der Waals surface area contributed by atoms with Crippen LogP contribution < -0.4 is 0 Å². The van der Waals surface area contributed by atoms with Gasteiger partial charge < -0.3 is 4.74 Å². The van der Waals surface area contributed by atoms with Crippen molar-refractivity contribution in [1.29, 1.82) is 0 Å². The highest BCUT2D eigenvalue weighted by atomic mass is 16.6. The molecule has 0 aliphatic heterocycles. The van der Waals surface area contributed by atoms with E-state index in [4.69, 9.17) is 4.74 Å². The van der Waals surface area contributed by atoms with Gasteiger partial charge in [0, 0.05) is 17.8 Å². The first-order valence-electron chi connectivity index (χ1n) is 6.11. The van der Waals surface area contributed by atoms with Crippen molar-refractivity contribution in [2.45, 2.75) is 51.6 Å². The molecular formula is C14H19NO2. The van der Waals surface area contributed by atoms with Gasteiger partial charge in [0.25, 0.3) is 0 Å². The van der Waals surface area contributed by atoms with E-state index in [0.29, 0.717) is 12.3 Å². The largest absolute Gasteiger partial charge is 0.460 e. The second kappa shape index (κ2) is 4.47. The molecule has 0 atom stereocenters. The minimum absolute atomic E-state index is 0.196. The smallest absolute Gasteiger partial charge is 0.310 e. The van der Waals surface area contributed by atoms with Crippen molar-refractivity contribution in [3.63, 3.8) is 0 Å². The molecule has 3 heteroatoms. The average Bonchev–Trinajstić information content (AvgIpc) is 2.99. The summed E-state index contributed by atoms with van der Waals surface area (Å²) in [5, 5.41) is 0. The van der Waals surface area contributed by atoms with Crippen molar-refractivity contribution in [2.24, 2.45) is 0 Å². The molecule has 0 unspecified atom stereocenters. The summed E-state index contributed by atoms with van der Waals surface area (Å²) in [6.07, 6.45) is 4.59. The lowest BCUT2D eigenvalue weighted by atomic mass is 10.1. The van der Waals surface area contributed by atoms with E-state index in [-0.39, 0.29) is 5.97 Å². The van der Waals surface area contributed by atoms with Crippen molar-refractivity contribution in [3.05, 3.63) is 29.6 Å². The first-order chi connectivity index (χ1) is 7.94. The lowest BCUT2D eigenvalue weighted by Gasteiger charge is -2.19. The van der Waals surface area contributed by atoms with E-state index in [0.717, 1.165) is 11.3 Å². The molecule has 17 heavy (non-hydrogen) atoms. The molecule has 0 spiro atoms. The quantitative estimate of drug-likeness (QED) is 0.754. The molecule has 0 saturated heterocycles. The standard InChI is InChI=1S/C14H19NO2/c1-14(2,3)17-13(16)8-10-4-7-12(15-9-10)11-5-6-11/h4,7,9,11H,5-6,8H2,1-3H3. The summed E-state index contributed by atoms with van der Waals surface area (Å²) < 4.78 is 5.26. The van der Waals surface area contributed by atoms with E-state index in [2.05, 4.69) is 4.98 Å². The molecule has 0 bridgehead atoms. The Balaban J connectivity index is 1.92. The van der Waals surface area contributed by atoms with E-state index >= 15 is 0 Å². The average molecular weight is 233 g/mol. The van der Waals surface area contributed by atoms with Crippen LogP contribution in [0, 0.1) is 0 Å². The third kappa shape index (κ3) is 3.84. The van der Waals surface area contributed by atoms with Crippen LogP contribution in [0.3, 0.4) is 0 Å². The number of carbonyl (C=O) groups excluding carboxylic acids is 1. The maximum absolute atomic E-state index is 11.6. The summed E-state index contributed by atoms with van der Waals surface area (Å²) in [6, 6.07) is 4.00. The molecule has 92 valence electrons. The van der Waals surface area contributed by atoms with Crippen molar-refractivity contribution in [2.75, 3.05) is 0 Å². The highest BCUT2D eigenvalue weighted by Gasteiger charge is 2.24. The Morgan fingerprint density at radius 3 is 2.59 bits per heavy atom. The number of rotatable bonds is 3. The number of ether oxygens (including phenoxy) is 1. The predicted octanol–water partition coefficient (Wildman–Crippen LogP) is 2.84. The molecule has 1 aliphatic rings. The van der Waals surface area contributed by atoms with Gasteiger partial charge >= 0.3 is 5.97 Å². The number of hydrogen-bond donors (Lipinski definition) is 0. The number of aromatic nitrogens is 1. The van der Waals surface area contributed by atoms with Crippen molar-refractivity contribution in [1.82, 2.24) is 4.98 Å². The van der Waals surface area contributed by atoms with E-state index in [1.807, 2.05) is 32.9 Å². The van der Waals surface area contributed by atoms with E-state index in [1.54, 1.807) is 6.20 Å². The van der Waals surface area contributed by atoms with Crippen LogP contribution in [0.1, 0.15) is 50.8 Å². The monoisotopic (exact) mass is 233 g/mol. The third-order valence-electron chi connectivity index (χ3n) is 2.61. The van der Waals surface area contributed by atoms with Crippen molar-refractivity contribution >= 4 is 5.97 Å². The van der Waals surface area contributed by atoms with Crippen LogP contribution >= 0.6 is 0 Å². The fraction of sp³-hybridized carbons (Fsp3) is 0.571. The van der Waals surface area contributed by atoms with Gasteiger partial charge in [-0.2, -0.15) is 0 Å². The number of hydrogen-bond acceptors (Lipinski definition) is 3. The Morgan fingerprint density at radius 1 is 1.41 bits per heavy atom. The summed E-state index contributed by atoms with van der Waals surface area (Å²) >= 11 is 0. The Hall–Kier alpha value is -1.38. The summed E-state index contributed by atoms with van der Waals surface area (Å²) in [5.74, 6) is 0.462. The minimum atomic E-state index is -0.418. The second-order valence-electron chi connectivity index (χ2n) is 5.63. The normalized spacial score (nSPS) is 15.7. The molecule has 1 saturated carbocycles. The van der Waals surface area contributed by atoms with Gasteiger partial charge in [0.1, 0.15) is 5.60 Å². The lowest BCUT2D eigenvalue weighted by Crippen LogP contribution is -2.24. The van der Waals surface area contributed by atoms with Crippen LogP contribution in [-0.4, -0.2) is 16.6 Å². The molecule has 0 amide bonds. The Bertz CT molecular complexity index is 399. The minimum Gasteiger partial charge on any atom is -0.460 e. The molecule has 1 fully saturated rings. The molecule has 3 nitrogen and oxygen atoms in total. The summed E-state index contributed by atoms with van der Waals surface area (Å²) in [4.78, 5) is 16.0. The predicted molar refractivity (Wildman–Crippen MR) is 65.8 cm³/mol. The van der Waals surface area contributed by atoms with E-state index in [9.17, 15) is 4.79 Å². The zero-order chi connectivity index (χ0) is 12.5. The van der Waals surface area contributed by atoms with Gasteiger partial charge in [0.05, 0.1) is 6.42 Å². The fourth-order valence-corrected chi connectivity index (χ4v) is 1.71. The Morgan fingerprint density at radius 2 is 2.12 bits per heavy atom. The maximum atomic E-state index is 11.6. The number of pyridine rings is 1. The van der Waals surface area contributed by atoms with Gasteiger partial charge in [0.15, 0.2) is 0 Å². The molecule has 0 aromatic carbocycles. The van der Waals surface area contributed by atoms with Gasteiger partial charge in [-0.1, -0.05) is 6.07 Å². The van der Waals surface area contributed by atoms with Crippen LogP contribution in [0.4, 0.5) is 0 Å². The van der Waals surface area contributed by atoms with E-state index in [1.165, 1.54) is 12.8 Å². The van der Waals surface area contributed by atoms with Crippen molar-refractivity contribution < 1.29 is 9.53 Å². The summed E-state index contributed by atoms with van der Waals surface area (Å²) in [7, 11) is 0. The Kier molecular flexibility index (Phi) is 3.18. The lowest BCUT2D eigenvalue weighted by molar-refractivity contribution is -0.153. The maximum Gasteiger partial charge on any atom is 0.310 e. The molecule has 1 heterocycles. The molecule has 0 N–H and O–H groups in total. The summed E-state index contributed by atoms with van der Waals surface area (Å²) in [6.45, 7) is 5.62. The molecule has 1 aliphatic carbocycles. The first kappa shape index (κ1) is 12.1. The van der Waals surface area contributed by atoms with Crippen LogP contribution in [0.5, 0.6) is 0 Å². The molecule has 0 radical (unpaired) electrons. The molecule has 1 aromatic heterocycles. The van der Waals surface area contributed by atoms with Gasteiger partial charge in [-0.05, 0) is 45.2 Å². The molecule has 2 rings (SSSR count). The fourth-order valence-electron chi connectivity index (χ4n) is 1.71.